The minimum atomic E-state index is -0.702. The Balaban J connectivity index is 1.66. The monoisotopic (exact) mass is 419 g/mol. The Morgan fingerprint density at radius 2 is 1.59 bits per heavy atom. The molecular weight excluding hydrogens is 398 g/mol. The van der Waals surface area contributed by atoms with Crippen LogP contribution in [0.1, 0.15) is 20.7 Å². The molecule has 29 heavy (non-hydrogen) atoms. The van der Waals surface area contributed by atoms with Gasteiger partial charge in [-0.1, -0.05) is 11.6 Å². The molecule has 10 heteroatoms. The Kier molecular flexibility index (Phi) is 5.90. The van der Waals surface area contributed by atoms with Gasteiger partial charge in [-0.25, -0.2) is 4.79 Å². The number of Topliss-reactive ketones (excluding diaryl/α,β-unsaturated/α-hetero) is 1. The highest BCUT2D eigenvalue weighted by Crippen LogP contribution is 2.14. The van der Waals surface area contributed by atoms with Gasteiger partial charge in [0.25, 0.3) is 11.5 Å². The number of benzene rings is 1. The number of hydrogen-bond donors (Lipinski definition) is 1. The molecule has 1 aliphatic rings. The number of carbonyl (C=O) groups excluding carboxylic acids is 2. The lowest BCUT2D eigenvalue weighted by molar-refractivity contribution is 0.0624. The molecule has 1 saturated heterocycles. The van der Waals surface area contributed by atoms with E-state index in [0.717, 1.165) is 9.13 Å². The van der Waals surface area contributed by atoms with Crippen LogP contribution in [0.15, 0.2) is 33.9 Å². The maximum Gasteiger partial charge on any atom is 0.332 e. The highest BCUT2D eigenvalue weighted by atomic mass is 35.5. The summed E-state index contributed by atoms with van der Waals surface area (Å²) in [5.74, 6) is -0.681. The summed E-state index contributed by atoms with van der Waals surface area (Å²) in [6.45, 7) is 1.86. The third kappa shape index (κ3) is 4.10. The molecule has 1 fully saturated rings. The van der Waals surface area contributed by atoms with E-state index in [4.69, 9.17) is 17.3 Å². The lowest BCUT2D eigenvalue weighted by Crippen LogP contribution is -2.50. The van der Waals surface area contributed by atoms with Crippen molar-refractivity contribution in [3.63, 3.8) is 0 Å². The van der Waals surface area contributed by atoms with E-state index in [0.29, 0.717) is 36.8 Å². The molecule has 0 unspecified atom stereocenters. The van der Waals surface area contributed by atoms with Crippen molar-refractivity contribution >= 4 is 29.1 Å². The van der Waals surface area contributed by atoms with Gasteiger partial charge in [0.15, 0.2) is 5.78 Å². The number of halogens is 1. The van der Waals surface area contributed by atoms with Crippen LogP contribution in [-0.4, -0.2) is 63.3 Å². The number of rotatable bonds is 4. The zero-order valence-corrected chi connectivity index (χ0v) is 17.0. The highest BCUT2D eigenvalue weighted by molar-refractivity contribution is 6.30. The number of anilines is 1. The van der Waals surface area contributed by atoms with Crippen LogP contribution in [0.3, 0.4) is 0 Å². The largest absolute Gasteiger partial charge is 0.384 e. The Labute approximate surface area is 171 Å². The van der Waals surface area contributed by atoms with E-state index in [2.05, 4.69) is 0 Å². The van der Waals surface area contributed by atoms with Crippen LogP contribution in [0.25, 0.3) is 0 Å². The SMILES string of the molecule is Cn1c(N)c(C(=O)CN2CCN(C(=O)c3ccc(Cl)cc3)CC2)c(=O)n(C)c1=O. The van der Waals surface area contributed by atoms with Crippen molar-refractivity contribution in [2.24, 2.45) is 14.1 Å². The number of piperazine rings is 1. The van der Waals surface area contributed by atoms with Gasteiger partial charge < -0.3 is 10.6 Å². The molecule has 0 aliphatic carbocycles. The van der Waals surface area contributed by atoms with Gasteiger partial charge in [-0.15, -0.1) is 0 Å². The van der Waals surface area contributed by atoms with Gasteiger partial charge in [-0.3, -0.25) is 28.4 Å². The first-order valence-corrected chi connectivity index (χ1v) is 9.44. The molecule has 1 aromatic carbocycles. The van der Waals surface area contributed by atoms with Crippen molar-refractivity contribution in [1.82, 2.24) is 18.9 Å². The molecule has 0 atom stereocenters. The lowest BCUT2D eigenvalue weighted by atomic mass is 10.1. The van der Waals surface area contributed by atoms with Crippen LogP contribution in [0, 0.1) is 0 Å². The minimum Gasteiger partial charge on any atom is -0.384 e. The molecule has 9 nitrogen and oxygen atoms in total. The molecule has 0 saturated carbocycles. The highest BCUT2D eigenvalue weighted by Gasteiger charge is 2.26. The number of nitrogens with zero attached hydrogens (tertiary/aromatic N) is 4. The van der Waals surface area contributed by atoms with Gasteiger partial charge in [-0.2, -0.15) is 0 Å². The van der Waals surface area contributed by atoms with Crippen molar-refractivity contribution in [2.75, 3.05) is 38.5 Å². The molecule has 0 bridgehead atoms. The fraction of sp³-hybridized carbons (Fsp3) is 0.368. The molecule has 2 heterocycles. The van der Waals surface area contributed by atoms with E-state index in [1.54, 1.807) is 29.2 Å². The number of amides is 1. The smallest absolute Gasteiger partial charge is 0.332 e. The van der Waals surface area contributed by atoms with Gasteiger partial charge in [-0.05, 0) is 24.3 Å². The quantitative estimate of drug-likeness (QED) is 0.696. The number of ketones is 1. The van der Waals surface area contributed by atoms with E-state index in [1.165, 1.54) is 14.1 Å². The zero-order valence-electron chi connectivity index (χ0n) is 16.2. The van der Waals surface area contributed by atoms with Gasteiger partial charge in [0.2, 0.25) is 0 Å². The second kappa shape index (κ2) is 8.22. The molecule has 2 N–H and O–H groups in total. The van der Waals surface area contributed by atoms with Crippen LogP contribution < -0.4 is 17.0 Å². The average Bonchev–Trinajstić information content (AvgIpc) is 2.71. The summed E-state index contributed by atoms with van der Waals surface area (Å²) in [5.41, 5.74) is 4.93. The van der Waals surface area contributed by atoms with Crippen molar-refractivity contribution in [1.29, 1.82) is 0 Å². The second-order valence-electron chi connectivity index (χ2n) is 6.96. The molecule has 1 aromatic heterocycles. The molecular formula is C19H22ClN5O4. The Bertz CT molecular complexity index is 1070. The normalized spacial score (nSPS) is 14.8. The third-order valence-corrected chi connectivity index (χ3v) is 5.36. The van der Waals surface area contributed by atoms with Gasteiger partial charge in [0, 0.05) is 50.9 Å². The summed E-state index contributed by atoms with van der Waals surface area (Å²) in [7, 11) is 2.72. The summed E-state index contributed by atoms with van der Waals surface area (Å²) in [6, 6.07) is 6.70. The van der Waals surface area contributed by atoms with E-state index >= 15 is 0 Å². The van der Waals surface area contributed by atoms with Gasteiger partial charge in [0.1, 0.15) is 11.4 Å². The van der Waals surface area contributed by atoms with Gasteiger partial charge in [0.05, 0.1) is 6.54 Å². The predicted molar refractivity (Wildman–Crippen MR) is 109 cm³/mol. The lowest BCUT2D eigenvalue weighted by Gasteiger charge is -2.34. The molecule has 0 radical (unpaired) electrons. The summed E-state index contributed by atoms with van der Waals surface area (Å²) in [4.78, 5) is 53.1. The van der Waals surface area contributed by atoms with E-state index in [9.17, 15) is 19.2 Å². The molecule has 2 aromatic rings. The van der Waals surface area contributed by atoms with Gasteiger partial charge >= 0.3 is 5.69 Å². The van der Waals surface area contributed by atoms with Crippen LogP contribution in [0.5, 0.6) is 0 Å². The molecule has 3 rings (SSSR count). The van der Waals surface area contributed by atoms with Crippen molar-refractivity contribution in [3.8, 4) is 0 Å². The van der Waals surface area contributed by atoms with Crippen LogP contribution in [-0.2, 0) is 14.1 Å². The van der Waals surface area contributed by atoms with Crippen molar-refractivity contribution in [3.05, 3.63) is 61.3 Å². The minimum absolute atomic E-state index is 0.0133. The first-order valence-electron chi connectivity index (χ1n) is 9.06. The van der Waals surface area contributed by atoms with E-state index in [-0.39, 0.29) is 23.8 Å². The topological polar surface area (TPSA) is 111 Å². The molecule has 0 spiro atoms. The van der Waals surface area contributed by atoms with Crippen LogP contribution in [0.2, 0.25) is 5.02 Å². The number of carbonyl (C=O) groups is 2. The predicted octanol–water partition coefficient (Wildman–Crippen LogP) is -0.0397. The first kappa shape index (κ1) is 20.8. The fourth-order valence-corrected chi connectivity index (χ4v) is 3.41. The standard InChI is InChI=1S/C19H22ClN5O4/c1-22-16(21)15(18(28)23(2)19(22)29)14(26)11-24-7-9-25(10-8-24)17(27)12-3-5-13(20)6-4-12/h3-6H,7-11,21H2,1-2H3. The van der Waals surface area contributed by atoms with Crippen molar-refractivity contribution in [2.45, 2.75) is 0 Å². The van der Waals surface area contributed by atoms with Crippen LogP contribution in [0.4, 0.5) is 5.82 Å². The number of nitrogens with two attached hydrogens (primary N) is 1. The number of nitrogen functional groups attached to an aromatic ring is 1. The third-order valence-electron chi connectivity index (χ3n) is 5.11. The second-order valence-corrected chi connectivity index (χ2v) is 7.40. The number of aromatic nitrogens is 2. The summed E-state index contributed by atoms with van der Waals surface area (Å²) < 4.78 is 1.95. The zero-order chi connectivity index (χ0) is 21.3. The number of hydrogen-bond acceptors (Lipinski definition) is 6. The van der Waals surface area contributed by atoms with E-state index in [1.807, 2.05) is 4.90 Å². The summed E-state index contributed by atoms with van der Waals surface area (Å²) in [6.07, 6.45) is 0. The Hall–Kier alpha value is -2.91. The fourth-order valence-electron chi connectivity index (χ4n) is 3.29. The molecule has 1 amide bonds. The Morgan fingerprint density at radius 1 is 1.00 bits per heavy atom. The maximum atomic E-state index is 12.7. The van der Waals surface area contributed by atoms with Crippen molar-refractivity contribution < 1.29 is 9.59 Å². The Morgan fingerprint density at radius 3 is 2.17 bits per heavy atom. The summed E-state index contributed by atoms with van der Waals surface area (Å²) >= 11 is 5.86. The van der Waals surface area contributed by atoms with Crippen LogP contribution >= 0.6 is 11.6 Å². The maximum absolute atomic E-state index is 12.7. The first-order chi connectivity index (χ1) is 13.7. The van der Waals surface area contributed by atoms with E-state index < -0.39 is 17.0 Å². The average molecular weight is 420 g/mol. The summed E-state index contributed by atoms with van der Waals surface area (Å²) in [5, 5.41) is 0.564. The molecule has 1 aliphatic heterocycles. The molecule has 154 valence electrons.